The molecule has 2 heteroatoms. The Morgan fingerprint density at radius 2 is 0.786 bits per heavy atom. The number of fused-ring (bicyclic) bond motifs is 3. The molecule has 0 radical (unpaired) electrons. The zero-order valence-corrected chi connectivity index (χ0v) is 22.9. The first-order valence-electron chi connectivity index (χ1n) is 14.2. The Morgan fingerprint density at radius 3 is 1.40 bits per heavy atom. The third kappa shape index (κ3) is 4.49. The summed E-state index contributed by atoms with van der Waals surface area (Å²) in [6.45, 7) is 0. The lowest BCUT2D eigenvalue weighted by Gasteiger charge is -2.12. The maximum atomic E-state index is 5.20. The van der Waals surface area contributed by atoms with E-state index in [4.69, 9.17) is 4.98 Å². The van der Waals surface area contributed by atoms with Crippen LogP contribution in [0.5, 0.6) is 0 Å². The molecule has 2 nitrogen and oxygen atoms in total. The molecule has 6 aromatic carbocycles. The van der Waals surface area contributed by atoms with Crippen molar-refractivity contribution in [1.29, 1.82) is 0 Å². The summed E-state index contributed by atoms with van der Waals surface area (Å²) < 4.78 is 0. The minimum atomic E-state index is 0.965. The molecule has 0 unspecified atom stereocenters. The second kappa shape index (κ2) is 10.1. The SMILES string of the molecule is c1ccc2cc(-c3cc(-c4ccc(-c5ccc6ncccc6c5)cc4)cc(-c4ccc5ccccc5c4)n3)ccc2c1. The lowest BCUT2D eigenvalue weighted by molar-refractivity contribution is 1.33. The van der Waals surface area contributed by atoms with Gasteiger partial charge in [-0.05, 0) is 86.3 Å². The molecule has 0 saturated heterocycles. The van der Waals surface area contributed by atoms with Gasteiger partial charge >= 0.3 is 0 Å². The smallest absolute Gasteiger partial charge is 0.0715 e. The maximum absolute atomic E-state index is 5.20. The van der Waals surface area contributed by atoms with Gasteiger partial charge in [0.05, 0.1) is 16.9 Å². The molecule has 0 bridgehead atoms. The molecule has 0 amide bonds. The first kappa shape index (κ1) is 24.2. The van der Waals surface area contributed by atoms with E-state index in [1.165, 1.54) is 32.7 Å². The molecular formula is C40H26N2. The standard InChI is InChI=1S/C40H26N2/c1-3-8-31-22-35(17-15-27(31)6-1)39-25-37(26-40(42-39)36-18-16-28-7-2-4-9-32(28)23-36)30-13-11-29(12-14-30)33-19-20-38-34(24-33)10-5-21-41-38/h1-26H. The summed E-state index contributed by atoms with van der Waals surface area (Å²) in [6.07, 6.45) is 1.84. The number of benzene rings is 6. The van der Waals surface area contributed by atoms with E-state index in [0.717, 1.165) is 44.5 Å². The Labute approximate surface area is 244 Å². The van der Waals surface area contributed by atoms with Crippen LogP contribution < -0.4 is 0 Å². The van der Waals surface area contributed by atoms with Crippen LogP contribution in [0.3, 0.4) is 0 Å². The molecule has 0 aliphatic rings. The van der Waals surface area contributed by atoms with E-state index >= 15 is 0 Å². The first-order valence-corrected chi connectivity index (χ1v) is 14.2. The Balaban J connectivity index is 1.25. The van der Waals surface area contributed by atoms with E-state index in [0.29, 0.717) is 0 Å². The molecule has 0 atom stereocenters. The predicted octanol–water partition coefficient (Wildman–Crippen LogP) is 10.6. The van der Waals surface area contributed by atoms with Gasteiger partial charge in [0.2, 0.25) is 0 Å². The summed E-state index contributed by atoms with van der Waals surface area (Å²) in [5, 5.41) is 6.03. The number of rotatable bonds is 4. The van der Waals surface area contributed by atoms with E-state index in [1.54, 1.807) is 0 Å². The molecular weight excluding hydrogens is 508 g/mol. The second-order valence-corrected chi connectivity index (χ2v) is 10.7. The van der Waals surface area contributed by atoms with Gasteiger partial charge in [-0.3, -0.25) is 4.98 Å². The van der Waals surface area contributed by atoms with E-state index in [2.05, 4.69) is 151 Å². The lowest BCUT2D eigenvalue weighted by atomic mass is 9.96. The normalized spacial score (nSPS) is 11.3. The number of nitrogens with zero attached hydrogens (tertiary/aromatic N) is 2. The van der Waals surface area contributed by atoms with E-state index < -0.39 is 0 Å². The number of pyridine rings is 2. The van der Waals surface area contributed by atoms with Crippen LogP contribution in [0, 0.1) is 0 Å². The first-order chi connectivity index (χ1) is 20.8. The number of hydrogen-bond acceptors (Lipinski definition) is 2. The highest BCUT2D eigenvalue weighted by atomic mass is 14.7. The molecule has 0 saturated carbocycles. The van der Waals surface area contributed by atoms with Crippen molar-refractivity contribution in [3.05, 3.63) is 158 Å². The number of aromatic nitrogens is 2. The van der Waals surface area contributed by atoms with Crippen LogP contribution in [-0.4, -0.2) is 9.97 Å². The Bertz CT molecular complexity index is 2150. The van der Waals surface area contributed by atoms with Crippen LogP contribution >= 0.6 is 0 Å². The lowest BCUT2D eigenvalue weighted by Crippen LogP contribution is -1.92. The summed E-state index contributed by atoms with van der Waals surface area (Å²) in [6, 6.07) is 54.0. The predicted molar refractivity (Wildman–Crippen MR) is 176 cm³/mol. The molecule has 196 valence electrons. The summed E-state index contributed by atoms with van der Waals surface area (Å²) in [7, 11) is 0. The van der Waals surface area contributed by atoms with E-state index in [-0.39, 0.29) is 0 Å². The molecule has 0 aliphatic carbocycles. The van der Waals surface area contributed by atoms with Crippen LogP contribution in [0.2, 0.25) is 0 Å². The van der Waals surface area contributed by atoms with Crippen molar-refractivity contribution in [1.82, 2.24) is 9.97 Å². The fraction of sp³-hybridized carbons (Fsp3) is 0. The summed E-state index contributed by atoms with van der Waals surface area (Å²) >= 11 is 0. The van der Waals surface area contributed by atoms with Crippen LogP contribution in [-0.2, 0) is 0 Å². The van der Waals surface area contributed by atoms with Gasteiger partial charge < -0.3 is 0 Å². The highest BCUT2D eigenvalue weighted by Crippen LogP contribution is 2.34. The van der Waals surface area contributed by atoms with Crippen molar-refractivity contribution < 1.29 is 0 Å². The van der Waals surface area contributed by atoms with Gasteiger partial charge in [0.1, 0.15) is 0 Å². The van der Waals surface area contributed by atoms with Crippen LogP contribution in [0.1, 0.15) is 0 Å². The molecule has 42 heavy (non-hydrogen) atoms. The van der Waals surface area contributed by atoms with Crippen molar-refractivity contribution in [3.63, 3.8) is 0 Å². The monoisotopic (exact) mass is 534 g/mol. The van der Waals surface area contributed by atoms with Crippen LogP contribution in [0.25, 0.3) is 77.2 Å². The number of hydrogen-bond donors (Lipinski definition) is 0. The third-order valence-electron chi connectivity index (χ3n) is 8.07. The molecule has 0 spiro atoms. The van der Waals surface area contributed by atoms with E-state index in [1.807, 2.05) is 12.3 Å². The quantitative estimate of drug-likeness (QED) is 0.224. The van der Waals surface area contributed by atoms with Crippen molar-refractivity contribution in [2.75, 3.05) is 0 Å². The van der Waals surface area contributed by atoms with Crippen molar-refractivity contribution in [2.24, 2.45) is 0 Å². The average Bonchev–Trinajstić information content (AvgIpc) is 3.07. The second-order valence-electron chi connectivity index (χ2n) is 10.7. The highest BCUT2D eigenvalue weighted by Gasteiger charge is 2.11. The maximum Gasteiger partial charge on any atom is 0.0715 e. The Morgan fingerprint density at radius 1 is 0.310 bits per heavy atom. The molecule has 0 fully saturated rings. The Kier molecular flexibility index (Phi) is 5.82. The largest absolute Gasteiger partial charge is 0.256 e. The fourth-order valence-electron chi connectivity index (χ4n) is 5.80. The van der Waals surface area contributed by atoms with Gasteiger partial charge in [-0.15, -0.1) is 0 Å². The molecule has 2 heterocycles. The molecule has 2 aromatic heterocycles. The van der Waals surface area contributed by atoms with Gasteiger partial charge in [0.25, 0.3) is 0 Å². The summed E-state index contributed by atoms with van der Waals surface area (Å²) in [5.41, 5.74) is 9.84. The van der Waals surface area contributed by atoms with Gasteiger partial charge in [0, 0.05) is 22.7 Å². The highest BCUT2D eigenvalue weighted by molar-refractivity contribution is 5.90. The Hall–Kier alpha value is -5.60. The minimum absolute atomic E-state index is 0.965. The zero-order valence-electron chi connectivity index (χ0n) is 22.9. The summed E-state index contributed by atoms with van der Waals surface area (Å²) in [4.78, 5) is 9.66. The van der Waals surface area contributed by atoms with Crippen molar-refractivity contribution in [3.8, 4) is 44.8 Å². The molecule has 0 aliphatic heterocycles. The van der Waals surface area contributed by atoms with Crippen molar-refractivity contribution >= 4 is 32.4 Å². The zero-order chi connectivity index (χ0) is 27.9. The van der Waals surface area contributed by atoms with E-state index in [9.17, 15) is 0 Å². The van der Waals surface area contributed by atoms with Gasteiger partial charge in [0.15, 0.2) is 0 Å². The van der Waals surface area contributed by atoms with Crippen LogP contribution in [0.15, 0.2) is 158 Å². The molecule has 8 aromatic rings. The third-order valence-corrected chi connectivity index (χ3v) is 8.07. The fourth-order valence-corrected chi connectivity index (χ4v) is 5.80. The van der Waals surface area contributed by atoms with Gasteiger partial charge in [-0.1, -0.05) is 109 Å². The average molecular weight is 535 g/mol. The minimum Gasteiger partial charge on any atom is -0.256 e. The van der Waals surface area contributed by atoms with Crippen molar-refractivity contribution in [2.45, 2.75) is 0 Å². The summed E-state index contributed by atoms with van der Waals surface area (Å²) in [5.74, 6) is 0. The van der Waals surface area contributed by atoms with Crippen LogP contribution in [0.4, 0.5) is 0 Å². The molecule has 0 N–H and O–H groups in total. The molecule has 8 rings (SSSR count). The van der Waals surface area contributed by atoms with Gasteiger partial charge in [-0.2, -0.15) is 0 Å². The van der Waals surface area contributed by atoms with Gasteiger partial charge in [-0.25, -0.2) is 4.98 Å². The topological polar surface area (TPSA) is 25.8 Å².